The number of benzene rings is 2. The van der Waals surface area contributed by atoms with E-state index in [2.05, 4.69) is 5.32 Å². The van der Waals surface area contributed by atoms with Crippen molar-refractivity contribution >= 4 is 23.4 Å². The van der Waals surface area contributed by atoms with Crippen LogP contribution in [-0.4, -0.2) is 107 Å². The first-order chi connectivity index (χ1) is 21.2. The van der Waals surface area contributed by atoms with Gasteiger partial charge in [-0.2, -0.15) is 0 Å². The van der Waals surface area contributed by atoms with E-state index in [0.29, 0.717) is 28.8 Å². The number of primary amides is 1. The molecule has 1 unspecified atom stereocenters. The molecule has 5 rings (SSSR count). The number of carbonyl (C=O) groups is 4. The highest BCUT2D eigenvalue weighted by molar-refractivity contribution is 6.25. The zero-order valence-corrected chi connectivity index (χ0v) is 25.6. The number of amides is 2. The normalized spacial score (nSPS) is 24.5. The van der Waals surface area contributed by atoms with Crippen LogP contribution in [-0.2, 0) is 16.0 Å². The van der Waals surface area contributed by atoms with Crippen molar-refractivity contribution in [2.75, 3.05) is 41.3 Å². The molecule has 0 fully saturated rings. The van der Waals surface area contributed by atoms with Crippen LogP contribution >= 0.6 is 0 Å². The molecule has 0 spiro atoms. The lowest BCUT2D eigenvalue weighted by molar-refractivity contribution is -0.148. The maximum atomic E-state index is 14.0. The molecule has 0 saturated heterocycles. The van der Waals surface area contributed by atoms with Crippen LogP contribution in [0.25, 0.3) is 11.1 Å². The number of likely N-dealkylation sites (N-methyl/N-ethyl adjacent to an activating group) is 1. The van der Waals surface area contributed by atoms with Crippen LogP contribution in [0.15, 0.2) is 59.1 Å². The maximum absolute atomic E-state index is 14.0. The first kappa shape index (κ1) is 31.9. The van der Waals surface area contributed by atoms with Crippen LogP contribution in [0.4, 0.5) is 0 Å². The number of nitrogens with zero attached hydrogens (tertiary/aromatic N) is 2. The second kappa shape index (κ2) is 11.8. The van der Waals surface area contributed by atoms with Gasteiger partial charge in [-0.25, -0.2) is 0 Å². The molecule has 7 N–H and O–H groups in total. The number of aromatic hydroxyl groups is 1. The van der Waals surface area contributed by atoms with E-state index < -0.39 is 58.0 Å². The van der Waals surface area contributed by atoms with Crippen LogP contribution in [0, 0.1) is 11.8 Å². The molecule has 0 radical (unpaired) electrons. The number of hydrogen-bond acceptors (Lipinski definition) is 10. The van der Waals surface area contributed by atoms with Crippen molar-refractivity contribution in [3.05, 3.63) is 75.8 Å². The highest BCUT2D eigenvalue weighted by Crippen LogP contribution is 2.53. The molecule has 0 aromatic heterocycles. The lowest BCUT2D eigenvalue weighted by atomic mass is 9.58. The molecule has 2 aromatic rings. The van der Waals surface area contributed by atoms with Crippen LogP contribution in [0.1, 0.15) is 39.1 Å². The minimum atomic E-state index is -2.70. The number of phenols is 1. The number of aliphatic hydroxyl groups is 3. The lowest BCUT2D eigenvalue weighted by Crippen LogP contribution is -2.63. The molecule has 45 heavy (non-hydrogen) atoms. The number of nitrogens with one attached hydrogen (secondary N) is 1. The van der Waals surface area contributed by atoms with E-state index in [-0.39, 0.29) is 35.6 Å². The predicted octanol–water partition coefficient (Wildman–Crippen LogP) is 1.47. The molecule has 2 amide bonds. The first-order valence-electron chi connectivity index (χ1n) is 14.7. The Kier molecular flexibility index (Phi) is 8.34. The number of fused-ring (bicyclic) bond motifs is 3. The Labute approximate surface area is 260 Å². The maximum Gasteiger partial charge on any atom is 0.255 e. The number of hydrogen-bond donors (Lipinski definition) is 6. The van der Waals surface area contributed by atoms with Gasteiger partial charge < -0.3 is 36.4 Å². The Bertz CT molecular complexity index is 1680. The van der Waals surface area contributed by atoms with Gasteiger partial charge in [-0.15, -0.1) is 0 Å². The van der Waals surface area contributed by atoms with E-state index in [1.807, 2.05) is 19.0 Å². The Morgan fingerprint density at radius 3 is 2.42 bits per heavy atom. The Balaban J connectivity index is 1.57. The summed E-state index contributed by atoms with van der Waals surface area (Å²) in [6.45, 7) is 1.32. The summed E-state index contributed by atoms with van der Waals surface area (Å²) < 4.78 is 0. The Morgan fingerprint density at radius 1 is 1.07 bits per heavy atom. The third-order valence-electron chi connectivity index (χ3n) is 9.11. The van der Waals surface area contributed by atoms with Gasteiger partial charge in [0.15, 0.2) is 11.4 Å². The largest absolute Gasteiger partial charge is 0.510 e. The minimum absolute atomic E-state index is 0.0176. The molecule has 0 heterocycles. The Hall–Kier alpha value is -4.52. The molecule has 0 aliphatic heterocycles. The topological polar surface area (TPSA) is 194 Å². The van der Waals surface area contributed by atoms with Crippen molar-refractivity contribution in [2.24, 2.45) is 17.6 Å². The average molecular weight is 619 g/mol. The van der Waals surface area contributed by atoms with Crippen molar-refractivity contribution in [3.63, 3.8) is 0 Å². The number of aliphatic hydroxyl groups excluding tert-OH is 2. The average Bonchev–Trinajstić information content (AvgIpc) is 2.96. The number of ketones is 2. The van der Waals surface area contributed by atoms with Gasteiger partial charge in [-0.3, -0.25) is 24.1 Å². The monoisotopic (exact) mass is 618 g/mol. The molecule has 12 heteroatoms. The SMILES string of the molecule is CN(C)CCCNC(=O)c1cccc(-c2ccc(O)c3c2C[C@H]2C[C@H]4C(N(C)C)C(O)=C(C(N)=O)C(=O)[C@@]4(O)C(O)=C2C3=O)c1. The van der Waals surface area contributed by atoms with Gasteiger partial charge in [0.25, 0.3) is 11.8 Å². The van der Waals surface area contributed by atoms with Crippen molar-refractivity contribution in [3.8, 4) is 16.9 Å². The van der Waals surface area contributed by atoms with Crippen molar-refractivity contribution in [1.29, 1.82) is 0 Å². The molecular formula is C33H38N4O8. The summed E-state index contributed by atoms with van der Waals surface area (Å²) in [7, 11) is 7.07. The summed E-state index contributed by atoms with van der Waals surface area (Å²) in [5, 5.41) is 48.0. The first-order valence-corrected chi connectivity index (χ1v) is 14.7. The van der Waals surface area contributed by atoms with Crippen LogP contribution in [0.2, 0.25) is 0 Å². The molecular weight excluding hydrogens is 580 g/mol. The van der Waals surface area contributed by atoms with Gasteiger partial charge in [0.05, 0.1) is 11.6 Å². The molecule has 3 aliphatic carbocycles. The molecule has 4 atom stereocenters. The summed E-state index contributed by atoms with van der Waals surface area (Å²) in [4.78, 5) is 56.1. The molecule has 0 bridgehead atoms. The molecule has 0 saturated carbocycles. The van der Waals surface area contributed by atoms with Gasteiger partial charge in [-0.1, -0.05) is 18.2 Å². The number of nitrogens with two attached hydrogens (primary N) is 1. The summed E-state index contributed by atoms with van der Waals surface area (Å²) in [5.74, 6) is -7.30. The number of Topliss-reactive ketones (excluding diaryl/α,β-unsaturated/α-hetero) is 2. The second-order valence-corrected chi connectivity index (χ2v) is 12.4. The number of phenolic OH excluding ortho intramolecular Hbond substituents is 1. The van der Waals surface area contributed by atoms with Gasteiger partial charge in [0.2, 0.25) is 5.78 Å². The molecule has 2 aromatic carbocycles. The third kappa shape index (κ3) is 5.18. The standard InChI is InChI=1S/C33H38N4O8/c1-36(2)12-6-11-35-32(44)17-8-5-7-16(13-17)19-9-10-22(38)24-20(19)14-18-15-21-26(37(3)4)28(40)25(31(34)43)30(42)33(21,45)29(41)23(18)27(24)39/h5,7-10,13,18,21,26,38,40-41,45H,6,11-12,14-15H2,1-4H3,(H2,34,43)(H,35,44)/t18-,21-,26?,33-/m0/s1. The third-order valence-corrected chi connectivity index (χ3v) is 9.11. The van der Waals surface area contributed by atoms with E-state index in [4.69, 9.17) is 5.73 Å². The van der Waals surface area contributed by atoms with Crippen LogP contribution in [0.3, 0.4) is 0 Å². The summed E-state index contributed by atoms with van der Waals surface area (Å²) >= 11 is 0. The second-order valence-electron chi connectivity index (χ2n) is 12.4. The number of carbonyl (C=O) groups excluding carboxylic acids is 4. The molecule has 3 aliphatic rings. The highest BCUT2D eigenvalue weighted by atomic mass is 16.3. The van der Waals surface area contributed by atoms with Crippen LogP contribution in [0.5, 0.6) is 5.75 Å². The summed E-state index contributed by atoms with van der Waals surface area (Å²) in [6, 6.07) is 8.84. The van der Waals surface area contributed by atoms with Crippen molar-refractivity contribution < 1.29 is 39.6 Å². The smallest absolute Gasteiger partial charge is 0.255 e. The fraction of sp³-hybridized carbons (Fsp3) is 0.394. The van der Waals surface area contributed by atoms with E-state index in [0.717, 1.165) is 13.0 Å². The van der Waals surface area contributed by atoms with E-state index in [9.17, 15) is 39.6 Å². The molecule has 238 valence electrons. The summed E-state index contributed by atoms with van der Waals surface area (Å²) in [5.41, 5.74) is 3.65. The zero-order chi connectivity index (χ0) is 33.0. The van der Waals surface area contributed by atoms with Crippen LogP contribution < -0.4 is 11.1 Å². The fourth-order valence-electron chi connectivity index (χ4n) is 7.05. The number of rotatable bonds is 8. The minimum Gasteiger partial charge on any atom is -0.510 e. The zero-order valence-electron chi connectivity index (χ0n) is 25.6. The van der Waals surface area contributed by atoms with Gasteiger partial charge in [0, 0.05) is 23.6 Å². The quantitative estimate of drug-likeness (QED) is 0.186. The van der Waals surface area contributed by atoms with Gasteiger partial charge in [0.1, 0.15) is 22.8 Å². The highest BCUT2D eigenvalue weighted by Gasteiger charge is 2.63. The predicted molar refractivity (Wildman–Crippen MR) is 165 cm³/mol. The van der Waals surface area contributed by atoms with Gasteiger partial charge in [-0.05, 0) is 94.8 Å². The van der Waals surface area contributed by atoms with Crippen molar-refractivity contribution in [2.45, 2.75) is 30.9 Å². The van der Waals surface area contributed by atoms with Crippen molar-refractivity contribution in [1.82, 2.24) is 15.1 Å². The number of allylic oxidation sites excluding steroid dienone is 1. The summed E-state index contributed by atoms with van der Waals surface area (Å²) in [6.07, 6.45) is 0.902. The van der Waals surface area contributed by atoms with E-state index >= 15 is 0 Å². The lowest BCUT2D eigenvalue weighted by Gasteiger charge is -2.50. The van der Waals surface area contributed by atoms with E-state index in [1.54, 1.807) is 44.4 Å². The molecule has 12 nitrogen and oxygen atoms in total. The van der Waals surface area contributed by atoms with E-state index in [1.165, 1.54) is 11.0 Å². The fourth-order valence-corrected chi connectivity index (χ4v) is 7.05. The Morgan fingerprint density at radius 2 is 1.78 bits per heavy atom. The van der Waals surface area contributed by atoms with Gasteiger partial charge >= 0.3 is 0 Å².